The van der Waals surface area contributed by atoms with Crippen molar-refractivity contribution in [3.05, 3.63) is 35.9 Å². The third-order valence-corrected chi connectivity index (χ3v) is 4.30. The number of rotatable bonds is 6. The molecule has 1 saturated carbocycles. The van der Waals surface area contributed by atoms with Crippen molar-refractivity contribution < 1.29 is 19.2 Å². The summed E-state index contributed by atoms with van der Waals surface area (Å²) in [6.45, 7) is 1.06. The first-order valence-corrected chi connectivity index (χ1v) is 8.40. The number of hydrogen-bond donors (Lipinski definition) is 1. The van der Waals surface area contributed by atoms with Crippen LogP contribution in [0.25, 0.3) is 6.08 Å². The van der Waals surface area contributed by atoms with Crippen LogP contribution in [0.3, 0.4) is 0 Å². The second kappa shape index (κ2) is 8.73. The van der Waals surface area contributed by atoms with Crippen molar-refractivity contribution in [1.82, 2.24) is 0 Å². The first-order valence-electron chi connectivity index (χ1n) is 8.40. The van der Waals surface area contributed by atoms with Crippen LogP contribution in [-0.4, -0.2) is 39.8 Å². The molecule has 0 heterocycles. The van der Waals surface area contributed by atoms with Gasteiger partial charge in [0.2, 0.25) is 0 Å². The highest BCUT2D eigenvalue weighted by molar-refractivity contribution is 5.87. The quantitative estimate of drug-likeness (QED) is 0.644. The van der Waals surface area contributed by atoms with Crippen LogP contribution in [0.1, 0.15) is 31.2 Å². The fourth-order valence-electron chi connectivity index (χ4n) is 3.15. The number of carbonyl (C=O) groups excluding carboxylic acids is 1. The third-order valence-electron chi connectivity index (χ3n) is 4.30. The Labute approximate surface area is 139 Å². The molecular formula is C19H28NO3+. The van der Waals surface area contributed by atoms with Crippen LogP contribution in [-0.2, 0) is 9.53 Å². The van der Waals surface area contributed by atoms with Crippen LogP contribution in [0.15, 0.2) is 30.3 Å². The van der Waals surface area contributed by atoms with E-state index in [4.69, 9.17) is 9.47 Å². The van der Waals surface area contributed by atoms with E-state index < -0.39 is 0 Å². The van der Waals surface area contributed by atoms with E-state index in [0.717, 1.165) is 37.1 Å². The largest absolute Gasteiger partial charge is 0.497 e. The van der Waals surface area contributed by atoms with Gasteiger partial charge in [0.15, 0.2) is 0 Å². The fourth-order valence-corrected chi connectivity index (χ4v) is 3.15. The topological polar surface area (TPSA) is 40.0 Å². The minimum atomic E-state index is -0.244. The maximum atomic E-state index is 12.1. The van der Waals surface area contributed by atoms with Crippen LogP contribution in [0, 0.1) is 5.92 Å². The highest BCUT2D eigenvalue weighted by atomic mass is 16.5. The van der Waals surface area contributed by atoms with E-state index in [9.17, 15) is 4.79 Å². The van der Waals surface area contributed by atoms with Gasteiger partial charge in [0.25, 0.3) is 0 Å². The van der Waals surface area contributed by atoms with E-state index in [-0.39, 0.29) is 12.1 Å². The lowest BCUT2D eigenvalue weighted by Crippen LogP contribution is -3.06. The van der Waals surface area contributed by atoms with Crippen molar-refractivity contribution in [3.8, 4) is 5.75 Å². The molecule has 0 radical (unpaired) electrons. The Hall–Kier alpha value is -1.81. The van der Waals surface area contributed by atoms with Crippen LogP contribution in [0.4, 0.5) is 0 Å². The second-order valence-corrected chi connectivity index (χ2v) is 6.54. The number of esters is 1. The number of ether oxygens (including phenoxy) is 2. The van der Waals surface area contributed by atoms with E-state index in [1.54, 1.807) is 13.2 Å². The van der Waals surface area contributed by atoms with Gasteiger partial charge >= 0.3 is 5.97 Å². The average Bonchev–Trinajstić information content (AvgIpc) is 2.55. The lowest BCUT2D eigenvalue weighted by Gasteiger charge is -2.31. The van der Waals surface area contributed by atoms with E-state index in [2.05, 4.69) is 14.1 Å². The monoisotopic (exact) mass is 318 g/mol. The van der Waals surface area contributed by atoms with Crippen LogP contribution < -0.4 is 9.64 Å². The molecule has 0 unspecified atom stereocenters. The molecule has 0 aromatic heterocycles. The van der Waals surface area contributed by atoms with Gasteiger partial charge in [0, 0.05) is 12.0 Å². The van der Waals surface area contributed by atoms with Gasteiger partial charge in [-0.1, -0.05) is 18.6 Å². The first kappa shape index (κ1) is 17.5. The summed E-state index contributed by atoms with van der Waals surface area (Å²) >= 11 is 0. The van der Waals surface area contributed by atoms with Gasteiger partial charge in [-0.2, -0.15) is 0 Å². The molecule has 4 heteroatoms. The maximum Gasteiger partial charge on any atom is 0.331 e. The predicted octanol–water partition coefficient (Wildman–Crippen LogP) is 1.95. The second-order valence-electron chi connectivity index (χ2n) is 6.54. The fraction of sp³-hybridized carbons (Fsp3) is 0.526. The Balaban J connectivity index is 1.90. The minimum absolute atomic E-state index is 0.0617. The number of benzene rings is 1. The molecule has 23 heavy (non-hydrogen) atoms. The van der Waals surface area contributed by atoms with Crippen molar-refractivity contribution in [1.29, 1.82) is 0 Å². The van der Waals surface area contributed by atoms with Gasteiger partial charge in [0.05, 0.1) is 27.7 Å². The molecule has 0 aliphatic heterocycles. The van der Waals surface area contributed by atoms with Crippen molar-refractivity contribution in [3.63, 3.8) is 0 Å². The number of carbonyl (C=O) groups is 1. The molecule has 0 amide bonds. The summed E-state index contributed by atoms with van der Waals surface area (Å²) in [5, 5.41) is 0. The molecular weight excluding hydrogens is 290 g/mol. The van der Waals surface area contributed by atoms with Crippen molar-refractivity contribution >= 4 is 12.0 Å². The number of hydrogen-bond acceptors (Lipinski definition) is 3. The van der Waals surface area contributed by atoms with Crippen LogP contribution in [0.2, 0.25) is 0 Å². The molecule has 2 atom stereocenters. The molecule has 0 bridgehead atoms. The molecule has 1 N–H and O–H groups in total. The molecule has 2 rings (SSSR count). The Morgan fingerprint density at radius 1 is 1.22 bits per heavy atom. The lowest BCUT2D eigenvalue weighted by molar-refractivity contribution is -0.862. The number of quaternary nitrogens is 1. The summed E-state index contributed by atoms with van der Waals surface area (Å²) in [6, 6.07) is 7.59. The predicted molar refractivity (Wildman–Crippen MR) is 91.5 cm³/mol. The van der Waals surface area contributed by atoms with Gasteiger partial charge in [-0.05, 0) is 43.0 Å². The third kappa shape index (κ3) is 5.71. The van der Waals surface area contributed by atoms with Crippen LogP contribution >= 0.6 is 0 Å². The zero-order chi connectivity index (χ0) is 16.7. The van der Waals surface area contributed by atoms with E-state index in [0.29, 0.717) is 5.92 Å². The molecule has 1 aliphatic rings. The van der Waals surface area contributed by atoms with Crippen molar-refractivity contribution in [2.24, 2.45) is 5.92 Å². The van der Waals surface area contributed by atoms with Gasteiger partial charge in [-0.15, -0.1) is 0 Å². The summed E-state index contributed by atoms with van der Waals surface area (Å²) in [5.74, 6) is 1.04. The molecule has 1 aliphatic carbocycles. The molecule has 4 nitrogen and oxygen atoms in total. The Morgan fingerprint density at radius 2 is 1.91 bits per heavy atom. The summed E-state index contributed by atoms with van der Waals surface area (Å²) in [7, 11) is 5.94. The SMILES string of the molecule is COc1ccc(/C=C/C(=O)O[C@@H]2CCCC[C@@H]2C[NH+](C)C)cc1. The molecule has 0 saturated heterocycles. The van der Waals surface area contributed by atoms with Gasteiger partial charge in [0.1, 0.15) is 11.9 Å². The Kier molecular flexibility index (Phi) is 6.66. The highest BCUT2D eigenvalue weighted by Gasteiger charge is 2.29. The normalized spacial score (nSPS) is 21.6. The summed E-state index contributed by atoms with van der Waals surface area (Å²) in [4.78, 5) is 13.5. The first-order chi connectivity index (χ1) is 11.1. The standard InChI is InChI=1S/C19H27NO3/c1-20(2)14-16-6-4-5-7-18(16)23-19(21)13-10-15-8-11-17(22-3)12-9-15/h8-13,16,18H,4-7,14H2,1-3H3/p+1/b13-10+/t16-,18-/m1/s1. The molecule has 1 aromatic carbocycles. The highest BCUT2D eigenvalue weighted by Crippen LogP contribution is 2.26. The van der Waals surface area contributed by atoms with Gasteiger partial charge in [-0.25, -0.2) is 4.79 Å². The van der Waals surface area contributed by atoms with Crippen molar-refractivity contribution in [2.75, 3.05) is 27.7 Å². The molecule has 0 spiro atoms. The van der Waals surface area contributed by atoms with E-state index >= 15 is 0 Å². The summed E-state index contributed by atoms with van der Waals surface area (Å²) < 4.78 is 10.8. The zero-order valence-corrected chi connectivity index (χ0v) is 14.4. The smallest absolute Gasteiger partial charge is 0.331 e. The number of nitrogens with one attached hydrogen (secondary N) is 1. The average molecular weight is 318 g/mol. The molecule has 1 fully saturated rings. The summed E-state index contributed by atoms with van der Waals surface area (Å²) in [6.07, 6.45) is 7.91. The molecule has 126 valence electrons. The zero-order valence-electron chi connectivity index (χ0n) is 14.4. The van der Waals surface area contributed by atoms with E-state index in [1.807, 2.05) is 24.3 Å². The van der Waals surface area contributed by atoms with E-state index in [1.165, 1.54) is 17.4 Å². The Morgan fingerprint density at radius 3 is 2.57 bits per heavy atom. The minimum Gasteiger partial charge on any atom is -0.497 e. The van der Waals surface area contributed by atoms with Gasteiger partial charge in [-0.3, -0.25) is 0 Å². The lowest BCUT2D eigenvalue weighted by atomic mass is 9.86. The molecule has 1 aromatic rings. The summed E-state index contributed by atoms with van der Waals surface area (Å²) in [5.41, 5.74) is 0.959. The Bertz CT molecular complexity index is 522. The van der Waals surface area contributed by atoms with Crippen LogP contribution in [0.5, 0.6) is 5.75 Å². The van der Waals surface area contributed by atoms with Gasteiger partial charge < -0.3 is 14.4 Å². The number of methoxy groups -OCH3 is 1. The van der Waals surface area contributed by atoms with Crippen molar-refractivity contribution in [2.45, 2.75) is 31.8 Å². The maximum absolute atomic E-state index is 12.1.